The van der Waals surface area contributed by atoms with Crippen molar-refractivity contribution in [2.24, 2.45) is 0 Å². The van der Waals surface area contributed by atoms with Gasteiger partial charge in [0, 0.05) is 12.8 Å². The van der Waals surface area contributed by atoms with Gasteiger partial charge >= 0.3 is 5.97 Å². The van der Waals surface area contributed by atoms with Gasteiger partial charge in [0.1, 0.15) is 0 Å². The number of rotatable bonds is 27. The molecule has 4 nitrogen and oxygen atoms in total. The van der Waals surface area contributed by atoms with Crippen molar-refractivity contribution in [3.05, 3.63) is 0 Å². The van der Waals surface area contributed by atoms with Crippen LogP contribution >= 0.6 is 23.5 Å². The summed E-state index contributed by atoms with van der Waals surface area (Å²) < 4.78 is -1.43. The molecule has 37 heavy (non-hydrogen) atoms. The summed E-state index contributed by atoms with van der Waals surface area (Å²) in [6, 6.07) is 0. The van der Waals surface area contributed by atoms with E-state index < -0.39 is 10.0 Å². The Labute approximate surface area is 237 Å². The summed E-state index contributed by atoms with van der Waals surface area (Å²) >= 11 is 1.66. The van der Waals surface area contributed by atoms with Crippen LogP contribution < -0.4 is 0 Å². The van der Waals surface area contributed by atoms with Gasteiger partial charge in [-0.1, -0.05) is 166 Å². The van der Waals surface area contributed by atoms with Crippen LogP contribution in [0.2, 0.25) is 0 Å². The first-order chi connectivity index (χ1) is 17.9. The highest BCUT2D eigenvalue weighted by Gasteiger charge is 2.39. The summed E-state index contributed by atoms with van der Waals surface area (Å²) in [6.07, 6.45) is 27.6. The first-order valence-corrected chi connectivity index (χ1v) is 17.2. The molecule has 0 heterocycles. The van der Waals surface area contributed by atoms with Crippen LogP contribution in [-0.4, -0.2) is 25.4 Å². The number of aliphatic carboxylic acids is 1. The van der Waals surface area contributed by atoms with E-state index in [0.717, 1.165) is 62.0 Å². The molecular formula is C31H58O4S2. The third-order valence-corrected chi connectivity index (χ3v) is 9.47. The summed E-state index contributed by atoms with van der Waals surface area (Å²) in [5.74, 6) is -1.10. The van der Waals surface area contributed by atoms with Crippen molar-refractivity contribution in [2.75, 3.05) is 0 Å². The van der Waals surface area contributed by atoms with Crippen molar-refractivity contribution >= 4 is 39.7 Å². The van der Waals surface area contributed by atoms with Crippen LogP contribution in [0.1, 0.15) is 175 Å². The highest BCUT2D eigenvalue weighted by Crippen LogP contribution is 2.40. The monoisotopic (exact) mass is 558 g/mol. The van der Waals surface area contributed by atoms with Crippen molar-refractivity contribution in [2.45, 2.75) is 179 Å². The summed E-state index contributed by atoms with van der Waals surface area (Å²) in [6.45, 7) is 5.98. The second-order valence-corrected chi connectivity index (χ2v) is 14.0. The summed E-state index contributed by atoms with van der Waals surface area (Å²) in [4.78, 5) is 36.7. The lowest BCUT2D eigenvalue weighted by molar-refractivity contribution is -0.137. The second-order valence-electron chi connectivity index (χ2n) is 10.8. The zero-order valence-electron chi connectivity index (χ0n) is 24.5. The van der Waals surface area contributed by atoms with E-state index in [2.05, 4.69) is 13.8 Å². The van der Waals surface area contributed by atoms with Crippen LogP contribution in [0.3, 0.4) is 0 Å². The van der Waals surface area contributed by atoms with E-state index in [9.17, 15) is 19.5 Å². The third-order valence-electron chi connectivity index (χ3n) is 6.97. The predicted molar refractivity (Wildman–Crippen MR) is 163 cm³/mol. The number of unbranched alkanes of at least 4 members (excludes halogenated alkanes) is 20. The van der Waals surface area contributed by atoms with Gasteiger partial charge in [-0.2, -0.15) is 0 Å². The normalized spacial score (nSPS) is 11.6. The molecule has 0 aromatic heterocycles. The van der Waals surface area contributed by atoms with E-state index in [0.29, 0.717) is 12.8 Å². The van der Waals surface area contributed by atoms with Gasteiger partial charge in [0.05, 0.1) is 0 Å². The molecule has 6 heteroatoms. The number of carboxylic acids is 1. The maximum absolute atomic E-state index is 12.4. The fourth-order valence-electron chi connectivity index (χ4n) is 4.51. The van der Waals surface area contributed by atoms with E-state index in [1.165, 1.54) is 110 Å². The Bertz CT molecular complexity index is 540. The van der Waals surface area contributed by atoms with Crippen molar-refractivity contribution in [3.63, 3.8) is 0 Å². The number of carbonyl (C=O) groups excluding carboxylic acids is 2. The fourth-order valence-corrected chi connectivity index (χ4v) is 6.77. The van der Waals surface area contributed by atoms with E-state index >= 15 is 0 Å². The van der Waals surface area contributed by atoms with Gasteiger partial charge < -0.3 is 5.11 Å². The van der Waals surface area contributed by atoms with Gasteiger partial charge in [-0.15, -0.1) is 0 Å². The zero-order chi connectivity index (χ0) is 27.6. The van der Waals surface area contributed by atoms with Crippen LogP contribution in [0.25, 0.3) is 0 Å². The lowest BCUT2D eigenvalue weighted by atomic mass is 10.1. The van der Waals surface area contributed by atoms with E-state index in [1.54, 1.807) is 0 Å². The molecule has 0 amide bonds. The SMILES string of the molecule is CCCCCCCCCCCCCC(=O)SC(C)(SC(=O)CCCCCCCCCCCCC)C(=O)O. The molecule has 0 radical (unpaired) electrons. The predicted octanol–water partition coefficient (Wildman–Crippen LogP) is 10.7. The molecule has 0 saturated heterocycles. The topological polar surface area (TPSA) is 71.4 Å². The first-order valence-electron chi connectivity index (χ1n) is 15.5. The number of hydrogen-bond acceptors (Lipinski definition) is 5. The molecule has 0 spiro atoms. The minimum absolute atomic E-state index is 0.115. The van der Waals surface area contributed by atoms with Crippen LogP contribution in [-0.2, 0) is 14.4 Å². The summed E-state index contributed by atoms with van der Waals surface area (Å²) in [5, 5.41) is 9.47. The Morgan fingerprint density at radius 3 is 0.973 bits per heavy atom. The quantitative estimate of drug-likeness (QED) is 0.0798. The van der Waals surface area contributed by atoms with E-state index in [-0.39, 0.29) is 10.2 Å². The number of carbonyl (C=O) groups is 3. The van der Waals surface area contributed by atoms with Gasteiger partial charge in [0.2, 0.25) is 0 Å². The van der Waals surface area contributed by atoms with E-state index in [1.807, 2.05) is 0 Å². The summed E-state index contributed by atoms with van der Waals surface area (Å²) in [7, 11) is 0. The average Bonchev–Trinajstić information content (AvgIpc) is 2.85. The molecule has 0 saturated carbocycles. The average molecular weight is 559 g/mol. The van der Waals surface area contributed by atoms with E-state index in [4.69, 9.17) is 0 Å². The minimum Gasteiger partial charge on any atom is -0.480 e. The van der Waals surface area contributed by atoms with Gasteiger partial charge in [-0.3, -0.25) is 9.59 Å². The molecule has 0 aliphatic heterocycles. The number of hydrogen-bond donors (Lipinski definition) is 1. The maximum Gasteiger partial charge on any atom is 0.330 e. The second kappa shape index (κ2) is 25.8. The minimum atomic E-state index is -1.43. The van der Waals surface area contributed by atoms with Crippen molar-refractivity contribution in [1.82, 2.24) is 0 Å². The molecule has 0 atom stereocenters. The van der Waals surface area contributed by atoms with Crippen molar-refractivity contribution in [3.8, 4) is 0 Å². The number of carboxylic acid groups (broad SMARTS) is 1. The van der Waals surface area contributed by atoms with Crippen LogP contribution in [0.15, 0.2) is 0 Å². The Hall–Kier alpha value is -0.490. The van der Waals surface area contributed by atoms with Crippen molar-refractivity contribution in [1.29, 1.82) is 0 Å². The largest absolute Gasteiger partial charge is 0.480 e. The summed E-state index contributed by atoms with van der Waals surface area (Å²) in [5.41, 5.74) is 0. The molecule has 0 bridgehead atoms. The van der Waals surface area contributed by atoms with Crippen LogP contribution in [0, 0.1) is 0 Å². The molecule has 0 aliphatic carbocycles. The van der Waals surface area contributed by atoms with Gasteiger partial charge in [-0.25, -0.2) is 4.79 Å². The number of thioether (sulfide) groups is 2. The maximum atomic E-state index is 12.4. The Balaban J connectivity index is 3.91. The van der Waals surface area contributed by atoms with Crippen molar-refractivity contribution < 1.29 is 19.5 Å². The Kier molecular flexibility index (Phi) is 25.4. The molecule has 0 unspecified atom stereocenters. The molecule has 218 valence electrons. The fraction of sp³-hybridized carbons (Fsp3) is 0.903. The standard InChI is InChI=1S/C31H58O4S2/c1-4-6-8-10-12-14-16-18-20-22-24-26-28(32)36-31(3,30(34)35)37-29(33)27-25-23-21-19-17-15-13-11-9-7-5-2/h4-27H2,1-3H3,(H,34,35). The van der Waals surface area contributed by atoms with Crippen LogP contribution in [0.5, 0.6) is 0 Å². The lowest BCUT2D eigenvalue weighted by Gasteiger charge is -2.21. The van der Waals surface area contributed by atoms with Gasteiger partial charge in [-0.05, 0) is 19.8 Å². The van der Waals surface area contributed by atoms with Crippen LogP contribution in [0.4, 0.5) is 0 Å². The molecule has 0 rings (SSSR count). The molecule has 0 fully saturated rings. The molecule has 0 aromatic rings. The third kappa shape index (κ3) is 23.1. The molecular weight excluding hydrogens is 500 g/mol. The Morgan fingerprint density at radius 1 is 0.486 bits per heavy atom. The highest BCUT2D eigenvalue weighted by atomic mass is 32.2. The lowest BCUT2D eigenvalue weighted by Crippen LogP contribution is -2.30. The van der Waals surface area contributed by atoms with Gasteiger partial charge in [0.15, 0.2) is 14.3 Å². The molecule has 0 aromatic carbocycles. The highest BCUT2D eigenvalue weighted by molar-refractivity contribution is 8.31. The molecule has 0 aliphatic rings. The van der Waals surface area contributed by atoms with Gasteiger partial charge in [0.25, 0.3) is 0 Å². The zero-order valence-corrected chi connectivity index (χ0v) is 26.1. The smallest absolute Gasteiger partial charge is 0.330 e. The molecule has 1 N–H and O–H groups in total. The first kappa shape index (κ1) is 36.5. The Morgan fingerprint density at radius 2 is 0.730 bits per heavy atom.